The lowest BCUT2D eigenvalue weighted by molar-refractivity contribution is -0.568. The molecule has 13 heteroatoms. The minimum Gasteiger partial charge on any atom is -0.463 e. The Morgan fingerprint density at radius 2 is 1.97 bits per heavy atom. The lowest BCUT2D eigenvalue weighted by Gasteiger charge is -2.28. The molecule has 0 fully saturated rings. The molecule has 12 nitrogen and oxygen atoms in total. The number of rotatable bonds is 8. The molecule has 1 heterocycles. The first-order chi connectivity index (χ1) is 13.4. The number of carbonyl (C=O) groups excluding carboxylic acids is 1. The molecule has 160 valence electrons. The SMILES string of the molecule is CC(=O)OCC(C)ON1C(C)=C(OS(=O)(=O)O)N(c2ccccc2C)C1[N+](=O)[O-]. The normalized spacial score (nSPS) is 18.0. The smallest absolute Gasteiger partial charge is 0.447 e. The highest BCUT2D eigenvalue weighted by atomic mass is 32.3. The zero-order valence-corrected chi connectivity index (χ0v) is 17.0. The summed E-state index contributed by atoms with van der Waals surface area (Å²) in [4.78, 5) is 28.7. The number of ether oxygens (including phenoxy) is 1. The maximum absolute atomic E-state index is 11.9. The quantitative estimate of drug-likeness (QED) is 0.276. The molecule has 2 rings (SSSR count). The van der Waals surface area contributed by atoms with Crippen LogP contribution in [0.1, 0.15) is 26.3 Å². The molecule has 1 aromatic carbocycles. The molecule has 2 atom stereocenters. The average molecular weight is 431 g/mol. The third-order valence-electron chi connectivity index (χ3n) is 3.86. The van der Waals surface area contributed by atoms with Crippen molar-refractivity contribution in [3.05, 3.63) is 51.5 Å². The van der Waals surface area contributed by atoms with Gasteiger partial charge in [0.1, 0.15) is 18.4 Å². The summed E-state index contributed by atoms with van der Waals surface area (Å²) in [6.07, 6.45) is -2.55. The van der Waals surface area contributed by atoms with Crippen LogP contribution in [0.15, 0.2) is 35.8 Å². The minimum atomic E-state index is -4.99. The van der Waals surface area contributed by atoms with Crippen molar-refractivity contribution in [3.8, 4) is 0 Å². The van der Waals surface area contributed by atoms with Crippen LogP contribution in [-0.2, 0) is 29.0 Å². The van der Waals surface area contributed by atoms with Gasteiger partial charge in [-0.2, -0.15) is 13.5 Å². The molecule has 1 aliphatic rings. The van der Waals surface area contributed by atoms with E-state index in [4.69, 9.17) is 9.57 Å². The fourth-order valence-electron chi connectivity index (χ4n) is 2.69. The largest absolute Gasteiger partial charge is 0.463 e. The van der Waals surface area contributed by atoms with Crippen LogP contribution in [0.2, 0.25) is 0 Å². The van der Waals surface area contributed by atoms with Crippen molar-refractivity contribution >= 4 is 22.1 Å². The molecule has 0 spiro atoms. The van der Waals surface area contributed by atoms with Gasteiger partial charge in [-0.1, -0.05) is 18.2 Å². The Bertz CT molecular complexity index is 931. The van der Waals surface area contributed by atoms with Crippen LogP contribution < -0.4 is 4.90 Å². The minimum absolute atomic E-state index is 0.0812. The molecule has 2 unspecified atom stereocenters. The molecular weight excluding hydrogens is 410 g/mol. The third-order valence-corrected chi connectivity index (χ3v) is 4.23. The van der Waals surface area contributed by atoms with Gasteiger partial charge in [0.15, 0.2) is 0 Å². The predicted molar refractivity (Wildman–Crippen MR) is 98.8 cm³/mol. The Labute approximate surface area is 167 Å². The van der Waals surface area contributed by atoms with Crippen molar-refractivity contribution in [2.75, 3.05) is 11.5 Å². The van der Waals surface area contributed by atoms with Gasteiger partial charge in [-0.15, -0.1) is 0 Å². The lowest BCUT2D eigenvalue weighted by Crippen LogP contribution is -2.48. The highest BCUT2D eigenvalue weighted by Crippen LogP contribution is 2.37. The first-order valence-electron chi connectivity index (χ1n) is 8.38. The Hall–Kier alpha value is -2.90. The van der Waals surface area contributed by atoms with E-state index < -0.39 is 39.6 Å². The number of hydrogen-bond donors (Lipinski definition) is 1. The summed E-state index contributed by atoms with van der Waals surface area (Å²) >= 11 is 0. The summed E-state index contributed by atoms with van der Waals surface area (Å²) < 4.78 is 41.4. The summed E-state index contributed by atoms with van der Waals surface area (Å²) in [5.74, 6) is -1.06. The summed E-state index contributed by atoms with van der Waals surface area (Å²) in [6, 6.07) is 6.50. The van der Waals surface area contributed by atoms with E-state index in [9.17, 15) is 27.9 Å². The van der Waals surface area contributed by atoms with E-state index in [-0.39, 0.29) is 18.0 Å². The molecule has 29 heavy (non-hydrogen) atoms. The number of allylic oxidation sites excluding steroid dienone is 1. The Kier molecular flexibility index (Phi) is 6.66. The number of para-hydroxylation sites is 1. The number of anilines is 1. The topological polar surface area (TPSA) is 149 Å². The second-order valence-corrected chi connectivity index (χ2v) is 7.26. The monoisotopic (exact) mass is 431 g/mol. The van der Waals surface area contributed by atoms with Gasteiger partial charge in [-0.05, 0) is 32.4 Å². The number of nitro groups is 1. The van der Waals surface area contributed by atoms with Gasteiger partial charge in [0, 0.05) is 6.92 Å². The van der Waals surface area contributed by atoms with Gasteiger partial charge in [-0.25, -0.2) is 4.90 Å². The van der Waals surface area contributed by atoms with Crippen molar-refractivity contribution in [3.63, 3.8) is 0 Å². The van der Waals surface area contributed by atoms with Crippen LogP contribution in [-0.4, -0.2) is 47.9 Å². The van der Waals surface area contributed by atoms with Crippen molar-refractivity contribution in [1.82, 2.24) is 5.06 Å². The molecule has 0 amide bonds. The zero-order chi connectivity index (χ0) is 21.9. The summed E-state index contributed by atoms with van der Waals surface area (Å²) in [6.45, 7) is 5.51. The number of esters is 1. The molecule has 0 saturated carbocycles. The van der Waals surface area contributed by atoms with E-state index in [0.29, 0.717) is 5.56 Å². The second kappa shape index (κ2) is 8.63. The van der Waals surface area contributed by atoms with Crippen molar-refractivity contribution in [2.24, 2.45) is 0 Å². The van der Waals surface area contributed by atoms with Gasteiger partial charge < -0.3 is 8.92 Å². The number of aryl methyl sites for hydroxylation is 1. The van der Waals surface area contributed by atoms with Crippen molar-refractivity contribution < 1.29 is 36.4 Å². The Morgan fingerprint density at radius 3 is 2.48 bits per heavy atom. The molecule has 0 aromatic heterocycles. The fraction of sp³-hybridized carbons (Fsp3) is 0.438. The van der Waals surface area contributed by atoms with E-state index >= 15 is 0 Å². The number of carbonyl (C=O) groups is 1. The first kappa shape index (κ1) is 22.4. The van der Waals surface area contributed by atoms with Crippen LogP contribution in [0.4, 0.5) is 5.69 Å². The maximum atomic E-state index is 11.9. The van der Waals surface area contributed by atoms with Crippen LogP contribution in [0, 0.1) is 17.0 Å². The summed E-state index contributed by atoms with van der Waals surface area (Å²) in [7, 11) is -4.99. The number of benzene rings is 1. The Morgan fingerprint density at radius 1 is 1.34 bits per heavy atom. The Balaban J connectivity index is 2.51. The summed E-state index contributed by atoms with van der Waals surface area (Å²) in [5, 5.41) is 12.7. The van der Waals surface area contributed by atoms with Gasteiger partial charge in [-0.3, -0.25) is 24.3 Å². The van der Waals surface area contributed by atoms with Crippen molar-refractivity contribution in [2.45, 2.75) is 40.1 Å². The number of hydrogen-bond acceptors (Lipinski definition) is 10. The highest BCUT2D eigenvalue weighted by Gasteiger charge is 2.50. The van der Waals surface area contributed by atoms with Crippen LogP contribution in [0.3, 0.4) is 0 Å². The molecule has 1 N–H and O–H groups in total. The van der Waals surface area contributed by atoms with Crippen LogP contribution in [0.25, 0.3) is 0 Å². The maximum Gasteiger partial charge on any atom is 0.447 e. The first-order valence-corrected chi connectivity index (χ1v) is 9.74. The third kappa shape index (κ3) is 5.34. The second-order valence-electron chi connectivity index (χ2n) is 6.23. The molecule has 1 aromatic rings. The van der Waals surface area contributed by atoms with Crippen LogP contribution >= 0.6 is 0 Å². The number of hydroxylamine groups is 2. The van der Waals surface area contributed by atoms with Crippen molar-refractivity contribution in [1.29, 1.82) is 0 Å². The van der Waals surface area contributed by atoms with Gasteiger partial charge >= 0.3 is 22.7 Å². The van der Waals surface area contributed by atoms with E-state index in [1.54, 1.807) is 25.1 Å². The fourth-order valence-corrected chi connectivity index (χ4v) is 3.09. The summed E-state index contributed by atoms with van der Waals surface area (Å²) in [5.41, 5.74) is 0.770. The molecule has 0 bridgehead atoms. The number of nitrogens with zero attached hydrogens (tertiary/aromatic N) is 3. The van der Waals surface area contributed by atoms with Gasteiger partial charge in [0.05, 0.1) is 10.6 Å². The molecule has 0 saturated heterocycles. The average Bonchev–Trinajstić information content (AvgIpc) is 2.85. The molecule has 0 aliphatic carbocycles. The predicted octanol–water partition coefficient (Wildman–Crippen LogP) is 1.57. The highest BCUT2D eigenvalue weighted by molar-refractivity contribution is 7.81. The zero-order valence-electron chi connectivity index (χ0n) is 16.1. The van der Waals surface area contributed by atoms with E-state index in [2.05, 4.69) is 4.18 Å². The molecule has 0 radical (unpaired) electrons. The molecule has 1 aliphatic heterocycles. The van der Waals surface area contributed by atoms with Gasteiger partial charge in [0.25, 0.3) is 0 Å². The molecular formula is C16H21N3O9S. The lowest BCUT2D eigenvalue weighted by atomic mass is 10.2. The van der Waals surface area contributed by atoms with Gasteiger partial charge in [0.2, 0.25) is 5.88 Å². The standard InChI is InChI=1S/C16H21N3O9S/c1-10-7-5-6-8-14(10)17-15(28-29(23,24)25)12(3)18(16(17)19(21)22)27-11(2)9-26-13(4)20/h5-8,11,16H,9H2,1-4H3,(H,23,24,25). The van der Waals surface area contributed by atoms with E-state index in [1.807, 2.05) is 0 Å². The van der Waals surface area contributed by atoms with Crippen LogP contribution in [0.5, 0.6) is 0 Å². The van der Waals surface area contributed by atoms with E-state index in [1.165, 1.54) is 26.8 Å². The van der Waals surface area contributed by atoms with E-state index in [0.717, 1.165) is 9.96 Å².